The number of benzene rings is 2. The van der Waals surface area contributed by atoms with Crippen molar-refractivity contribution in [2.24, 2.45) is 10.9 Å². The van der Waals surface area contributed by atoms with E-state index in [0.29, 0.717) is 25.8 Å². The minimum atomic E-state index is -0.649. The van der Waals surface area contributed by atoms with Gasteiger partial charge in [0.15, 0.2) is 0 Å². The molecule has 0 radical (unpaired) electrons. The molecule has 4 nitrogen and oxygen atoms in total. The van der Waals surface area contributed by atoms with Gasteiger partial charge in [0.1, 0.15) is 17.5 Å². The number of Topliss-reactive ketones (excluding diaryl/α,β-unsaturated/α-hetero) is 2. The van der Waals surface area contributed by atoms with Crippen LogP contribution in [0.1, 0.15) is 55.3 Å². The van der Waals surface area contributed by atoms with Crippen LogP contribution in [0.2, 0.25) is 0 Å². The maximum absolute atomic E-state index is 13.0. The number of aromatic nitrogens is 1. The molecule has 4 rings (SSSR count). The number of nitrogens with one attached hydrogen (secondary N) is 1. The highest BCUT2D eigenvalue weighted by atomic mass is 16.2. The second-order valence-corrected chi connectivity index (χ2v) is 8.53. The van der Waals surface area contributed by atoms with Gasteiger partial charge in [0.2, 0.25) is 0 Å². The van der Waals surface area contributed by atoms with Crippen molar-refractivity contribution in [3.8, 4) is 0 Å². The van der Waals surface area contributed by atoms with Gasteiger partial charge in [-0.3, -0.25) is 14.6 Å². The molecule has 4 heteroatoms. The zero-order valence-electron chi connectivity index (χ0n) is 18.4. The van der Waals surface area contributed by atoms with Crippen molar-refractivity contribution in [2.45, 2.75) is 51.9 Å². The average molecular weight is 415 g/mol. The van der Waals surface area contributed by atoms with Crippen LogP contribution in [0.5, 0.6) is 0 Å². The third-order valence-electron chi connectivity index (χ3n) is 6.35. The molecule has 1 saturated carbocycles. The van der Waals surface area contributed by atoms with Gasteiger partial charge in [-0.05, 0) is 49.3 Å². The van der Waals surface area contributed by atoms with E-state index in [1.165, 1.54) is 10.9 Å². The number of nitrogens with zero attached hydrogens (tertiary/aromatic N) is 1. The van der Waals surface area contributed by atoms with Crippen LogP contribution in [0.3, 0.4) is 0 Å². The summed E-state index contributed by atoms with van der Waals surface area (Å²) in [6, 6.07) is 18.4. The van der Waals surface area contributed by atoms with Crippen molar-refractivity contribution in [2.75, 3.05) is 6.54 Å². The molecule has 1 heterocycles. The molecule has 2 atom stereocenters. The van der Waals surface area contributed by atoms with Crippen LogP contribution in [-0.4, -0.2) is 28.8 Å². The Morgan fingerprint density at radius 3 is 2.58 bits per heavy atom. The number of aryl methyl sites for hydroxylation is 1. The SMILES string of the molecule is CCCC(=O)[C@@H]1C(=O)C[C@@H](c2ccccc2)CC1=NCCc1c(C)[nH]c2ccccc12. The van der Waals surface area contributed by atoms with Crippen LogP contribution in [0.15, 0.2) is 59.6 Å². The number of carbonyl (C=O) groups is 2. The number of hydrogen-bond donors (Lipinski definition) is 1. The lowest BCUT2D eigenvalue weighted by molar-refractivity contribution is -0.130. The molecular formula is C27H30N2O2. The maximum Gasteiger partial charge on any atom is 0.149 e. The first-order valence-corrected chi connectivity index (χ1v) is 11.3. The van der Waals surface area contributed by atoms with Crippen LogP contribution in [-0.2, 0) is 16.0 Å². The minimum Gasteiger partial charge on any atom is -0.358 e. The van der Waals surface area contributed by atoms with E-state index >= 15 is 0 Å². The first-order valence-electron chi connectivity index (χ1n) is 11.3. The molecule has 3 aromatic rings. The first-order chi connectivity index (χ1) is 15.1. The van der Waals surface area contributed by atoms with E-state index in [1.54, 1.807) is 0 Å². The Hall–Kier alpha value is -3.01. The van der Waals surface area contributed by atoms with E-state index in [9.17, 15) is 9.59 Å². The third kappa shape index (κ3) is 4.53. The molecule has 0 saturated heterocycles. The fourth-order valence-electron chi connectivity index (χ4n) is 4.83. The Morgan fingerprint density at radius 2 is 1.81 bits per heavy atom. The van der Waals surface area contributed by atoms with Crippen LogP contribution in [0.4, 0.5) is 0 Å². The Balaban J connectivity index is 1.58. The Morgan fingerprint density at radius 1 is 1.06 bits per heavy atom. The summed E-state index contributed by atoms with van der Waals surface area (Å²) in [6.07, 6.45) is 3.09. The maximum atomic E-state index is 13.0. The highest BCUT2D eigenvalue weighted by Gasteiger charge is 2.38. The quantitative estimate of drug-likeness (QED) is 0.512. The zero-order valence-corrected chi connectivity index (χ0v) is 18.4. The van der Waals surface area contributed by atoms with Gasteiger partial charge in [0, 0.05) is 41.7 Å². The van der Waals surface area contributed by atoms with Crippen molar-refractivity contribution >= 4 is 28.2 Å². The van der Waals surface area contributed by atoms with Crippen molar-refractivity contribution in [1.29, 1.82) is 0 Å². The fourth-order valence-corrected chi connectivity index (χ4v) is 4.83. The lowest BCUT2D eigenvalue weighted by atomic mass is 9.74. The normalized spacial score (nSPS) is 20.5. The minimum absolute atomic E-state index is 0.0283. The van der Waals surface area contributed by atoms with Crippen molar-refractivity contribution in [3.63, 3.8) is 0 Å². The summed E-state index contributed by atoms with van der Waals surface area (Å²) in [5.74, 6) is -0.487. The molecule has 1 aliphatic carbocycles. The van der Waals surface area contributed by atoms with Crippen LogP contribution < -0.4 is 0 Å². The van der Waals surface area contributed by atoms with Gasteiger partial charge in [-0.15, -0.1) is 0 Å². The number of hydrogen-bond acceptors (Lipinski definition) is 3. The standard InChI is InChI=1S/C27H30N2O2/c1-3-9-25(30)27-24(16-20(17-26(27)31)19-10-5-4-6-11-19)28-15-14-21-18(2)29-23-13-8-7-12-22(21)23/h4-8,10-13,20,27,29H,3,9,14-17H2,1-2H3/t20-,27+/m0/s1. The molecule has 1 aromatic heterocycles. The number of H-pyrrole nitrogens is 1. The van der Waals surface area contributed by atoms with E-state index in [1.807, 2.05) is 31.2 Å². The Labute approximate surface area is 183 Å². The number of carbonyl (C=O) groups excluding carboxylic acids is 2. The lowest BCUT2D eigenvalue weighted by Crippen LogP contribution is -2.38. The predicted molar refractivity (Wildman–Crippen MR) is 126 cm³/mol. The summed E-state index contributed by atoms with van der Waals surface area (Å²) in [6.45, 7) is 4.66. The number of para-hydroxylation sites is 1. The number of ketones is 2. The molecule has 0 amide bonds. The molecule has 1 fully saturated rings. The molecule has 0 spiro atoms. The second kappa shape index (κ2) is 9.42. The molecule has 1 aliphatic rings. The van der Waals surface area contributed by atoms with Gasteiger partial charge in [0.25, 0.3) is 0 Å². The largest absolute Gasteiger partial charge is 0.358 e. The number of aliphatic imine (C=N–C) groups is 1. The number of aromatic amines is 1. The van der Waals surface area contributed by atoms with Crippen LogP contribution in [0, 0.1) is 12.8 Å². The van der Waals surface area contributed by atoms with E-state index in [4.69, 9.17) is 4.99 Å². The van der Waals surface area contributed by atoms with Gasteiger partial charge in [0.05, 0.1) is 0 Å². The highest BCUT2D eigenvalue weighted by Crippen LogP contribution is 2.33. The zero-order chi connectivity index (χ0) is 21.8. The van der Waals surface area contributed by atoms with E-state index in [0.717, 1.165) is 35.3 Å². The second-order valence-electron chi connectivity index (χ2n) is 8.53. The van der Waals surface area contributed by atoms with E-state index < -0.39 is 5.92 Å². The topological polar surface area (TPSA) is 62.3 Å². The molecule has 0 aliphatic heterocycles. The van der Waals surface area contributed by atoms with Gasteiger partial charge >= 0.3 is 0 Å². The molecule has 1 N–H and O–H groups in total. The molecule has 160 valence electrons. The summed E-state index contributed by atoms with van der Waals surface area (Å²) >= 11 is 0. The predicted octanol–water partition coefficient (Wildman–Crippen LogP) is 5.59. The monoisotopic (exact) mass is 414 g/mol. The first kappa shape index (κ1) is 21.2. The average Bonchev–Trinajstić information content (AvgIpc) is 3.09. The third-order valence-corrected chi connectivity index (χ3v) is 6.35. The summed E-state index contributed by atoms with van der Waals surface area (Å²) in [5, 5.41) is 1.22. The number of fused-ring (bicyclic) bond motifs is 1. The molecular weight excluding hydrogens is 384 g/mol. The summed E-state index contributed by atoms with van der Waals surface area (Å²) in [5.41, 5.74) is 5.48. The molecule has 2 aromatic carbocycles. The summed E-state index contributed by atoms with van der Waals surface area (Å²) < 4.78 is 0. The smallest absolute Gasteiger partial charge is 0.149 e. The lowest BCUT2D eigenvalue weighted by Gasteiger charge is -2.29. The van der Waals surface area contributed by atoms with Crippen molar-refractivity contribution in [3.05, 3.63) is 71.4 Å². The summed E-state index contributed by atoms with van der Waals surface area (Å²) in [4.78, 5) is 34.1. The summed E-state index contributed by atoms with van der Waals surface area (Å²) in [7, 11) is 0. The fraction of sp³-hybridized carbons (Fsp3) is 0.370. The Bertz CT molecular complexity index is 1110. The molecule has 0 unspecified atom stereocenters. The number of rotatable bonds is 7. The highest BCUT2D eigenvalue weighted by molar-refractivity contribution is 6.22. The molecule has 31 heavy (non-hydrogen) atoms. The van der Waals surface area contributed by atoms with Gasteiger partial charge < -0.3 is 4.98 Å². The van der Waals surface area contributed by atoms with Crippen LogP contribution in [0.25, 0.3) is 10.9 Å². The van der Waals surface area contributed by atoms with Gasteiger partial charge in [-0.25, -0.2) is 0 Å². The van der Waals surface area contributed by atoms with Gasteiger partial charge in [-0.1, -0.05) is 55.5 Å². The van der Waals surface area contributed by atoms with Crippen LogP contribution >= 0.6 is 0 Å². The molecule has 0 bridgehead atoms. The Kier molecular flexibility index (Phi) is 6.45. The van der Waals surface area contributed by atoms with Crippen molar-refractivity contribution in [1.82, 2.24) is 4.98 Å². The van der Waals surface area contributed by atoms with Crippen molar-refractivity contribution < 1.29 is 9.59 Å². The van der Waals surface area contributed by atoms with Gasteiger partial charge in [-0.2, -0.15) is 0 Å². The van der Waals surface area contributed by atoms with E-state index in [-0.39, 0.29) is 17.5 Å². The van der Waals surface area contributed by atoms with E-state index in [2.05, 4.69) is 42.2 Å².